The number of hydrogen-bond donors (Lipinski definition) is 1. The van der Waals surface area contributed by atoms with Crippen molar-refractivity contribution in [3.05, 3.63) is 89.8 Å². The molecule has 1 N–H and O–H groups in total. The van der Waals surface area contributed by atoms with Gasteiger partial charge >= 0.3 is 0 Å². The van der Waals surface area contributed by atoms with Gasteiger partial charge in [-0.15, -0.1) is 0 Å². The normalized spacial score (nSPS) is 15.5. The van der Waals surface area contributed by atoms with E-state index in [1.54, 1.807) is 47.6 Å². The van der Waals surface area contributed by atoms with Crippen molar-refractivity contribution < 1.29 is 27.6 Å². The van der Waals surface area contributed by atoms with Gasteiger partial charge in [-0.25, -0.2) is 4.39 Å². The Morgan fingerprint density at radius 3 is 2.62 bits per heavy atom. The van der Waals surface area contributed by atoms with Crippen LogP contribution < -0.4 is 5.32 Å². The van der Waals surface area contributed by atoms with E-state index in [4.69, 9.17) is 13.6 Å². The molecule has 174 valence electrons. The van der Waals surface area contributed by atoms with Gasteiger partial charge in [-0.05, 0) is 61.4 Å². The quantitative estimate of drug-likeness (QED) is 0.406. The zero-order valence-electron chi connectivity index (χ0n) is 18.3. The molecule has 0 radical (unpaired) electrons. The predicted molar refractivity (Wildman–Crippen MR) is 123 cm³/mol. The SMILES string of the molecule is O=C(Nc1c(C(=O)N(Cc2ccco2)C[C@@H]2CCCO2)oc2ccccc12)c1ccc(F)cc1. The number of amides is 2. The van der Waals surface area contributed by atoms with E-state index in [0.717, 1.165) is 12.8 Å². The predicted octanol–water partition coefficient (Wildman–Crippen LogP) is 5.24. The number of para-hydroxylation sites is 1. The molecule has 1 atom stereocenters. The van der Waals surface area contributed by atoms with E-state index in [9.17, 15) is 14.0 Å². The van der Waals surface area contributed by atoms with E-state index in [1.165, 1.54) is 24.3 Å². The second-order valence-electron chi connectivity index (χ2n) is 8.16. The van der Waals surface area contributed by atoms with Gasteiger partial charge in [0.05, 0.1) is 18.9 Å². The van der Waals surface area contributed by atoms with Crippen LogP contribution in [0.1, 0.15) is 39.5 Å². The molecular formula is C26H23FN2O5. The lowest BCUT2D eigenvalue weighted by molar-refractivity contribution is 0.0471. The lowest BCUT2D eigenvalue weighted by Crippen LogP contribution is -2.37. The Morgan fingerprint density at radius 1 is 1.06 bits per heavy atom. The number of fused-ring (bicyclic) bond motifs is 1. The molecule has 1 aliphatic heterocycles. The van der Waals surface area contributed by atoms with Crippen molar-refractivity contribution in [3.8, 4) is 0 Å². The molecule has 1 saturated heterocycles. The number of halogens is 1. The summed E-state index contributed by atoms with van der Waals surface area (Å²) >= 11 is 0. The third kappa shape index (κ3) is 4.58. The number of ether oxygens (including phenoxy) is 1. The summed E-state index contributed by atoms with van der Waals surface area (Å²) in [6, 6.07) is 15.8. The molecule has 0 aliphatic carbocycles. The fourth-order valence-corrected chi connectivity index (χ4v) is 4.09. The van der Waals surface area contributed by atoms with Crippen LogP contribution in [0.2, 0.25) is 0 Å². The summed E-state index contributed by atoms with van der Waals surface area (Å²) in [5.41, 5.74) is 0.999. The van der Waals surface area contributed by atoms with Crippen LogP contribution in [0.4, 0.5) is 10.1 Å². The highest BCUT2D eigenvalue weighted by Gasteiger charge is 2.30. The number of carbonyl (C=O) groups is 2. The smallest absolute Gasteiger partial charge is 0.292 e. The molecule has 5 rings (SSSR count). The Kier molecular flexibility index (Phi) is 6.14. The molecule has 0 bridgehead atoms. The second-order valence-corrected chi connectivity index (χ2v) is 8.16. The van der Waals surface area contributed by atoms with Crippen molar-refractivity contribution >= 4 is 28.5 Å². The molecule has 3 heterocycles. The number of furan rings is 2. The summed E-state index contributed by atoms with van der Waals surface area (Å²) in [6.45, 7) is 1.26. The third-order valence-corrected chi connectivity index (χ3v) is 5.80. The van der Waals surface area contributed by atoms with Gasteiger partial charge in [0.25, 0.3) is 11.8 Å². The fourth-order valence-electron chi connectivity index (χ4n) is 4.09. The molecular weight excluding hydrogens is 439 g/mol. The minimum absolute atomic E-state index is 0.0150. The highest BCUT2D eigenvalue weighted by Crippen LogP contribution is 2.33. The van der Waals surface area contributed by atoms with Crippen LogP contribution in [0.25, 0.3) is 11.0 Å². The van der Waals surface area contributed by atoms with Crippen molar-refractivity contribution in [2.45, 2.75) is 25.5 Å². The van der Waals surface area contributed by atoms with E-state index in [1.807, 2.05) is 0 Å². The van der Waals surface area contributed by atoms with Gasteiger partial charge in [-0.2, -0.15) is 0 Å². The zero-order chi connectivity index (χ0) is 23.5. The first-order valence-corrected chi connectivity index (χ1v) is 11.1. The van der Waals surface area contributed by atoms with E-state index in [-0.39, 0.29) is 29.7 Å². The number of nitrogens with zero attached hydrogens (tertiary/aromatic N) is 1. The molecule has 1 aliphatic rings. The van der Waals surface area contributed by atoms with Crippen LogP contribution in [0.5, 0.6) is 0 Å². The minimum atomic E-state index is -0.475. The van der Waals surface area contributed by atoms with Gasteiger partial charge in [0.1, 0.15) is 22.8 Å². The molecule has 2 aromatic heterocycles. The van der Waals surface area contributed by atoms with Crippen molar-refractivity contribution in [1.29, 1.82) is 0 Å². The molecule has 7 nitrogen and oxygen atoms in total. The van der Waals surface area contributed by atoms with Gasteiger partial charge in [0, 0.05) is 24.1 Å². The van der Waals surface area contributed by atoms with E-state index in [2.05, 4.69) is 5.32 Å². The Balaban J connectivity index is 1.49. The largest absolute Gasteiger partial charge is 0.467 e. The van der Waals surface area contributed by atoms with Crippen LogP contribution in [-0.2, 0) is 11.3 Å². The third-order valence-electron chi connectivity index (χ3n) is 5.80. The van der Waals surface area contributed by atoms with E-state index >= 15 is 0 Å². The Morgan fingerprint density at radius 2 is 1.88 bits per heavy atom. The van der Waals surface area contributed by atoms with Crippen molar-refractivity contribution in [2.75, 3.05) is 18.5 Å². The Hall–Kier alpha value is -3.91. The lowest BCUT2D eigenvalue weighted by Gasteiger charge is -2.24. The summed E-state index contributed by atoms with van der Waals surface area (Å²) < 4.78 is 30.5. The molecule has 0 spiro atoms. The van der Waals surface area contributed by atoms with Crippen LogP contribution in [-0.4, -0.2) is 36.0 Å². The number of carbonyl (C=O) groups excluding carboxylic acids is 2. The number of anilines is 1. The molecule has 2 amide bonds. The average Bonchev–Trinajstić information content (AvgIpc) is 3.61. The minimum Gasteiger partial charge on any atom is -0.467 e. The van der Waals surface area contributed by atoms with Crippen LogP contribution in [0.3, 0.4) is 0 Å². The summed E-state index contributed by atoms with van der Waals surface area (Å²) in [5, 5.41) is 3.39. The fraction of sp³-hybridized carbons (Fsp3) is 0.231. The monoisotopic (exact) mass is 462 g/mol. The van der Waals surface area contributed by atoms with E-state index < -0.39 is 17.6 Å². The zero-order valence-corrected chi connectivity index (χ0v) is 18.3. The maximum atomic E-state index is 13.7. The lowest BCUT2D eigenvalue weighted by atomic mass is 10.1. The van der Waals surface area contributed by atoms with Gasteiger partial charge in [-0.1, -0.05) is 12.1 Å². The standard InChI is InChI=1S/C26H23FN2O5/c27-18-11-9-17(10-12-18)25(30)28-23-21-7-1-2-8-22(21)34-24(23)26(31)29(15-19-5-3-13-32-19)16-20-6-4-14-33-20/h1-3,5,7-13,20H,4,6,14-16H2,(H,28,30)/t20-/m0/s1. The number of hydrogen-bond acceptors (Lipinski definition) is 5. The highest BCUT2D eigenvalue weighted by molar-refractivity contribution is 6.14. The van der Waals surface area contributed by atoms with Crippen molar-refractivity contribution in [2.24, 2.45) is 0 Å². The van der Waals surface area contributed by atoms with Gasteiger partial charge in [0.2, 0.25) is 5.76 Å². The summed E-state index contributed by atoms with van der Waals surface area (Å²) in [6.07, 6.45) is 3.27. The summed E-state index contributed by atoms with van der Waals surface area (Å²) in [7, 11) is 0. The highest BCUT2D eigenvalue weighted by atomic mass is 19.1. The molecule has 4 aromatic rings. The molecule has 2 aromatic carbocycles. The van der Waals surface area contributed by atoms with Crippen LogP contribution in [0.15, 0.2) is 75.8 Å². The van der Waals surface area contributed by atoms with Crippen LogP contribution in [0, 0.1) is 5.82 Å². The maximum Gasteiger partial charge on any atom is 0.292 e. The van der Waals surface area contributed by atoms with Crippen molar-refractivity contribution in [3.63, 3.8) is 0 Å². The maximum absolute atomic E-state index is 13.7. The first-order chi connectivity index (χ1) is 16.6. The number of benzene rings is 2. The van der Waals surface area contributed by atoms with E-state index in [0.29, 0.717) is 29.9 Å². The summed E-state index contributed by atoms with van der Waals surface area (Å²) in [5.74, 6) is -0.667. The molecule has 0 unspecified atom stereocenters. The first kappa shape index (κ1) is 21.9. The average molecular weight is 462 g/mol. The molecule has 0 saturated carbocycles. The van der Waals surface area contributed by atoms with Crippen LogP contribution >= 0.6 is 0 Å². The summed E-state index contributed by atoms with van der Waals surface area (Å²) in [4.78, 5) is 28.3. The second kappa shape index (κ2) is 9.52. The first-order valence-electron chi connectivity index (χ1n) is 11.1. The molecule has 34 heavy (non-hydrogen) atoms. The van der Waals surface area contributed by atoms with Gasteiger partial charge in [-0.3, -0.25) is 9.59 Å². The topological polar surface area (TPSA) is 84.9 Å². The van der Waals surface area contributed by atoms with Crippen molar-refractivity contribution in [1.82, 2.24) is 4.90 Å². The Bertz CT molecular complexity index is 1290. The molecule has 1 fully saturated rings. The van der Waals surface area contributed by atoms with Gasteiger partial charge in [0.15, 0.2) is 0 Å². The van der Waals surface area contributed by atoms with Gasteiger partial charge < -0.3 is 23.8 Å². The molecule has 8 heteroatoms. The number of rotatable bonds is 7. The Labute approximate surface area is 195 Å². The number of nitrogens with one attached hydrogen (secondary N) is 1.